The van der Waals surface area contributed by atoms with Crippen LogP contribution in [-0.4, -0.2) is 25.8 Å². The predicted octanol–water partition coefficient (Wildman–Crippen LogP) is 2.34. The van der Waals surface area contributed by atoms with E-state index in [4.69, 9.17) is 4.74 Å². The van der Waals surface area contributed by atoms with Crippen LogP contribution in [0, 0.1) is 11.3 Å². The molecule has 1 unspecified atom stereocenters. The van der Waals surface area contributed by atoms with Crippen molar-refractivity contribution in [3.63, 3.8) is 0 Å². The molecule has 3 rings (SSSR count). The van der Waals surface area contributed by atoms with E-state index in [9.17, 15) is 0 Å². The van der Waals surface area contributed by atoms with Gasteiger partial charge in [0.2, 0.25) is 0 Å². The van der Waals surface area contributed by atoms with E-state index < -0.39 is 0 Å². The van der Waals surface area contributed by atoms with Crippen LogP contribution in [0.2, 0.25) is 0 Å². The predicted molar refractivity (Wildman–Crippen MR) is 60.9 cm³/mol. The van der Waals surface area contributed by atoms with Crippen LogP contribution in [0.1, 0.15) is 44.9 Å². The number of hydrogen-bond donors (Lipinski definition) is 1. The van der Waals surface area contributed by atoms with E-state index in [2.05, 4.69) is 5.32 Å². The van der Waals surface area contributed by atoms with Crippen LogP contribution >= 0.6 is 0 Å². The van der Waals surface area contributed by atoms with Crippen molar-refractivity contribution in [2.75, 3.05) is 19.7 Å². The molecule has 0 aromatic carbocycles. The maximum Gasteiger partial charge on any atom is 0.0699 e. The van der Waals surface area contributed by atoms with Gasteiger partial charge in [-0.15, -0.1) is 0 Å². The summed E-state index contributed by atoms with van der Waals surface area (Å²) in [6.45, 7) is 3.34. The lowest BCUT2D eigenvalue weighted by atomic mass is 10.0. The van der Waals surface area contributed by atoms with Crippen LogP contribution in [0.3, 0.4) is 0 Å². The van der Waals surface area contributed by atoms with Crippen molar-refractivity contribution in [1.82, 2.24) is 5.32 Å². The van der Waals surface area contributed by atoms with Gasteiger partial charge in [0.25, 0.3) is 0 Å². The number of hydrogen-bond acceptors (Lipinski definition) is 2. The lowest BCUT2D eigenvalue weighted by Gasteiger charge is -2.24. The SMILES string of the molecule is C1CCC(CNCC2(C3CC3)CC2)OC1. The average molecular weight is 209 g/mol. The highest BCUT2D eigenvalue weighted by Crippen LogP contribution is 2.60. The highest BCUT2D eigenvalue weighted by molar-refractivity contribution is 5.05. The molecule has 0 amide bonds. The molecule has 3 aliphatic rings. The molecule has 0 radical (unpaired) electrons. The highest BCUT2D eigenvalue weighted by Gasteiger charge is 2.53. The Morgan fingerprint density at radius 2 is 2.00 bits per heavy atom. The van der Waals surface area contributed by atoms with Crippen LogP contribution < -0.4 is 5.32 Å². The Kier molecular flexibility index (Phi) is 2.73. The third-order valence-electron chi connectivity index (χ3n) is 4.46. The number of ether oxygens (including phenoxy) is 1. The van der Waals surface area contributed by atoms with Crippen LogP contribution in [0.4, 0.5) is 0 Å². The van der Waals surface area contributed by atoms with E-state index in [-0.39, 0.29) is 0 Å². The maximum absolute atomic E-state index is 5.73. The minimum atomic E-state index is 0.508. The highest BCUT2D eigenvalue weighted by atomic mass is 16.5. The number of nitrogens with one attached hydrogen (secondary N) is 1. The van der Waals surface area contributed by atoms with Crippen molar-refractivity contribution >= 4 is 0 Å². The van der Waals surface area contributed by atoms with Crippen molar-refractivity contribution in [2.24, 2.45) is 11.3 Å². The summed E-state index contributed by atoms with van der Waals surface area (Å²) in [4.78, 5) is 0. The summed E-state index contributed by atoms with van der Waals surface area (Å²) in [5.74, 6) is 1.08. The van der Waals surface area contributed by atoms with Gasteiger partial charge in [-0.05, 0) is 56.3 Å². The molecule has 1 saturated heterocycles. The second kappa shape index (κ2) is 4.06. The fraction of sp³-hybridized carbons (Fsp3) is 1.00. The third kappa shape index (κ3) is 2.36. The molecular weight excluding hydrogens is 186 g/mol. The molecule has 1 heterocycles. The Bertz CT molecular complexity index is 215. The Morgan fingerprint density at radius 3 is 2.60 bits per heavy atom. The van der Waals surface area contributed by atoms with Crippen molar-refractivity contribution in [3.05, 3.63) is 0 Å². The molecule has 86 valence electrons. The second-order valence-corrected chi connectivity index (χ2v) is 5.76. The first-order chi connectivity index (χ1) is 7.39. The van der Waals surface area contributed by atoms with Crippen LogP contribution in [0.15, 0.2) is 0 Å². The summed E-state index contributed by atoms with van der Waals surface area (Å²) in [5.41, 5.74) is 0.745. The van der Waals surface area contributed by atoms with Gasteiger partial charge in [-0.2, -0.15) is 0 Å². The normalized spacial score (nSPS) is 34.0. The fourth-order valence-corrected chi connectivity index (χ4v) is 3.04. The molecule has 2 saturated carbocycles. The van der Waals surface area contributed by atoms with Gasteiger partial charge in [-0.3, -0.25) is 0 Å². The zero-order valence-corrected chi connectivity index (χ0v) is 9.63. The minimum Gasteiger partial charge on any atom is -0.377 e. The van der Waals surface area contributed by atoms with E-state index >= 15 is 0 Å². The monoisotopic (exact) mass is 209 g/mol. The van der Waals surface area contributed by atoms with E-state index in [0.29, 0.717) is 6.10 Å². The molecule has 0 aromatic heterocycles. The van der Waals surface area contributed by atoms with Crippen molar-refractivity contribution in [2.45, 2.75) is 51.0 Å². The van der Waals surface area contributed by atoms with Gasteiger partial charge in [0.15, 0.2) is 0 Å². The smallest absolute Gasteiger partial charge is 0.0699 e. The van der Waals surface area contributed by atoms with Gasteiger partial charge in [0, 0.05) is 19.7 Å². The Hall–Kier alpha value is -0.0800. The lowest BCUT2D eigenvalue weighted by Crippen LogP contribution is -2.35. The van der Waals surface area contributed by atoms with Crippen molar-refractivity contribution in [3.8, 4) is 0 Å². The molecular formula is C13H23NO. The summed E-state index contributed by atoms with van der Waals surface area (Å²) in [7, 11) is 0. The van der Waals surface area contributed by atoms with Crippen molar-refractivity contribution < 1.29 is 4.74 Å². The molecule has 2 nitrogen and oxygen atoms in total. The molecule has 0 aromatic rings. The van der Waals surface area contributed by atoms with E-state index in [0.717, 1.165) is 24.5 Å². The average Bonchev–Trinajstić information content (AvgIpc) is 3.14. The maximum atomic E-state index is 5.73. The summed E-state index contributed by atoms with van der Waals surface area (Å²) < 4.78 is 5.73. The Morgan fingerprint density at radius 1 is 1.13 bits per heavy atom. The Labute approximate surface area is 92.8 Å². The van der Waals surface area contributed by atoms with Gasteiger partial charge in [0.1, 0.15) is 0 Å². The van der Waals surface area contributed by atoms with Gasteiger partial charge >= 0.3 is 0 Å². The molecule has 0 bridgehead atoms. The quantitative estimate of drug-likeness (QED) is 0.750. The van der Waals surface area contributed by atoms with Crippen LogP contribution in [-0.2, 0) is 4.74 Å². The van der Waals surface area contributed by atoms with E-state index in [1.807, 2.05) is 0 Å². The third-order valence-corrected chi connectivity index (χ3v) is 4.46. The fourth-order valence-electron chi connectivity index (χ4n) is 3.04. The zero-order chi connectivity index (χ0) is 10.1. The lowest BCUT2D eigenvalue weighted by molar-refractivity contribution is 0.0162. The van der Waals surface area contributed by atoms with Crippen LogP contribution in [0.25, 0.3) is 0 Å². The van der Waals surface area contributed by atoms with E-state index in [1.165, 1.54) is 51.5 Å². The standard InChI is InChI=1S/C13H23NO/c1-2-8-15-12(3-1)9-14-10-13(6-7-13)11-4-5-11/h11-12,14H,1-10H2. The van der Waals surface area contributed by atoms with Crippen LogP contribution in [0.5, 0.6) is 0 Å². The molecule has 0 spiro atoms. The first-order valence-corrected chi connectivity index (χ1v) is 6.71. The van der Waals surface area contributed by atoms with Gasteiger partial charge in [-0.1, -0.05) is 0 Å². The Balaban J connectivity index is 1.35. The first-order valence-electron chi connectivity index (χ1n) is 6.71. The summed E-state index contributed by atoms with van der Waals surface area (Å²) in [6, 6.07) is 0. The molecule has 2 heteroatoms. The molecule has 15 heavy (non-hydrogen) atoms. The van der Waals surface area contributed by atoms with E-state index in [1.54, 1.807) is 0 Å². The largest absolute Gasteiger partial charge is 0.377 e. The van der Waals surface area contributed by atoms with Gasteiger partial charge in [-0.25, -0.2) is 0 Å². The zero-order valence-electron chi connectivity index (χ0n) is 9.63. The van der Waals surface area contributed by atoms with Crippen molar-refractivity contribution in [1.29, 1.82) is 0 Å². The molecule has 1 N–H and O–H groups in total. The summed E-state index contributed by atoms with van der Waals surface area (Å²) in [5, 5.41) is 3.65. The first kappa shape index (κ1) is 10.1. The molecule has 3 fully saturated rings. The number of rotatable bonds is 5. The summed E-state index contributed by atoms with van der Waals surface area (Å²) >= 11 is 0. The molecule has 1 aliphatic heterocycles. The molecule has 2 aliphatic carbocycles. The molecule has 1 atom stereocenters. The summed E-state index contributed by atoms with van der Waals surface area (Å²) in [6.07, 6.45) is 10.4. The van der Waals surface area contributed by atoms with Gasteiger partial charge in [0.05, 0.1) is 6.10 Å². The van der Waals surface area contributed by atoms with Gasteiger partial charge < -0.3 is 10.1 Å². The topological polar surface area (TPSA) is 21.3 Å². The second-order valence-electron chi connectivity index (χ2n) is 5.76. The minimum absolute atomic E-state index is 0.508.